The van der Waals surface area contributed by atoms with Crippen LogP contribution in [0.2, 0.25) is 0 Å². The summed E-state index contributed by atoms with van der Waals surface area (Å²) in [5.41, 5.74) is 7.59. The van der Waals surface area contributed by atoms with Gasteiger partial charge in [-0.15, -0.1) is 11.3 Å². The molecule has 0 bridgehead atoms. The van der Waals surface area contributed by atoms with Crippen molar-refractivity contribution < 1.29 is 4.79 Å². The van der Waals surface area contributed by atoms with Crippen molar-refractivity contribution in [2.45, 2.75) is 31.8 Å². The molecule has 3 rings (SSSR count). The van der Waals surface area contributed by atoms with Crippen LogP contribution in [-0.4, -0.2) is 34.4 Å². The molecule has 0 radical (unpaired) electrons. The minimum absolute atomic E-state index is 0.0297. The van der Waals surface area contributed by atoms with Crippen molar-refractivity contribution in [2.24, 2.45) is 5.73 Å². The molecule has 1 aliphatic heterocycles. The SMILES string of the molecule is CC1CC(N)CCN1C(=O)c1csc(-c2ccsc2)n1. The number of thiazole rings is 1. The smallest absolute Gasteiger partial charge is 0.273 e. The first-order chi connectivity index (χ1) is 9.65. The van der Waals surface area contributed by atoms with Gasteiger partial charge in [0, 0.05) is 35.0 Å². The first kappa shape index (κ1) is 13.7. The Hall–Kier alpha value is -1.24. The molecule has 0 spiro atoms. The lowest BCUT2D eigenvalue weighted by Crippen LogP contribution is -2.48. The van der Waals surface area contributed by atoms with Gasteiger partial charge in [-0.3, -0.25) is 4.79 Å². The zero-order chi connectivity index (χ0) is 14.1. The van der Waals surface area contributed by atoms with Crippen LogP contribution in [0.1, 0.15) is 30.3 Å². The molecule has 2 unspecified atom stereocenters. The maximum Gasteiger partial charge on any atom is 0.273 e. The van der Waals surface area contributed by atoms with Crippen LogP contribution in [0.3, 0.4) is 0 Å². The Morgan fingerprint density at radius 2 is 2.35 bits per heavy atom. The highest BCUT2D eigenvalue weighted by atomic mass is 32.1. The maximum absolute atomic E-state index is 12.5. The van der Waals surface area contributed by atoms with Gasteiger partial charge in [0.2, 0.25) is 0 Å². The third-order valence-corrected chi connectivity index (χ3v) is 5.24. The normalized spacial score (nSPS) is 23.0. The fraction of sp³-hybridized carbons (Fsp3) is 0.429. The van der Waals surface area contributed by atoms with Gasteiger partial charge in [-0.1, -0.05) is 0 Å². The Bertz CT molecular complexity index is 593. The van der Waals surface area contributed by atoms with Crippen molar-refractivity contribution >= 4 is 28.6 Å². The van der Waals surface area contributed by atoms with Crippen LogP contribution in [0.25, 0.3) is 10.6 Å². The number of nitrogens with two attached hydrogens (primary N) is 1. The van der Waals surface area contributed by atoms with Gasteiger partial charge in [0.15, 0.2) is 0 Å². The van der Waals surface area contributed by atoms with Crippen LogP contribution in [0.4, 0.5) is 0 Å². The zero-order valence-corrected chi connectivity index (χ0v) is 12.9. The predicted octanol–water partition coefficient (Wildman–Crippen LogP) is 2.82. The summed E-state index contributed by atoms with van der Waals surface area (Å²) in [5, 5.41) is 6.84. The summed E-state index contributed by atoms with van der Waals surface area (Å²) in [6.07, 6.45) is 1.74. The molecule has 1 fully saturated rings. The van der Waals surface area contributed by atoms with Gasteiger partial charge >= 0.3 is 0 Å². The van der Waals surface area contributed by atoms with E-state index in [0.29, 0.717) is 5.69 Å². The van der Waals surface area contributed by atoms with E-state index < -0.39 is 0 Å². The lowest BCUT2D eigenvalue weighted by Gasteiger charge is -2.35. The van der Waals surface area contributed by atoms with Gasteiger partial charge < -0.3 is 10.6 Å². The number of rotatable bonds is 2. The molecule has 1 amide bonds. The van der Waals surface area contributed by atoms with E-state index in [4.69, 9.17) is 5.73 Å². The maximum atomic E-state index is 12.5. The molecular formula is C14H17N3OS2. The van der Waals surface area contributed by atoms with Crippen LogP contribution < -0.4 is 5.73 Å². The van der Waals surface area contributed by atoms with Gasteiger partial charge in [0.1, 0.15) is 10.7 Å². The number of carbonyl (C=O) groups excluding carboxylic acids is 1. The molecule has 106 valence electrons. The molecule has 20 heavy (non-hydrogen) atoms. The summed E-state index contributed by atoms with van der Waals surface area (Å²) in [6, 6.07) is 2.43. The molecule has 2 N–H and O–H groups in total. The number of hydrogen-bond acceptors (Lipinski definition) is 5. The second kappa shape index (κ2) is 5.63. The molecule has 0 saturated carbocycles. The largest absolute Gasteiger partial charge is 0.334 e. The standard InChI is InChI=1S/C14H17N3OS2/c1-9-6-11(15)2-4-17(9)14(18)12-8-20-13(16-12)10-3-5-19-7-10/h3,5,7-9,11H,2,4,6,15H2,1H3. The van der Waals surface area contributed by atoms with Gasteiger partial charge in [0.05, 0.1) is 0 Å². The van der Waals surface area contributed by atoms with E-state index in [2.05, 4.69) is 17.3 Å². The summed E-state index contributed by atoms with van der Waals surface area (Å²) < 4.78 is 0. The summed E-state index contributed by atoms with van der Waals surface area (Å²) in [4.78, 5) is 18.9. The van der Waals surface area contributed by atoms with Crippen molar-refractivity contribution in [3.8, 4) is 10.6 Å². The minimum Gasteiger partial charge on any atom is -0.334 e. The van der Waals surface area contributed by atoms with Crippen molar-refractivity contribution in [1.82, 2.24) is 9.88 Å². The van der Waals surface area contributed by atoms with Crippen LogP contribution in [0.15, 0.2) is 22.2 Å². The van der Waals surface area contributed by atoms with E-state index in [1.165, 1.54) is 11.3 Å². The zero-order valence-electron chi connectivity index (χ0n) is 11.3. The molecule has 6 heteroatoms. The fourth-order valence-corrected chi connectivity index (χ4v) is 4.05. The molecule has 2 aromatic heterocycles. The molecule has 4 nitrogen and oxygen atoms in total. The minimum atomic E-state index is 0.0297. The topological polar surface area (TPSA) is 59.2 Å². The first-order valence-electron chi connectivity index (χ1n) is 6.70. The number of amides is 1. The van der Waals surface area contributed by atoms with E-state index >= 15 is 0 Å². The Morgan fingerprint density at radius 3 is 3.05 bits per heavy atom. The van der Waals surface area contributed by atoms with Gasteiger partial charge in [-0.2, -0.15) is 11.3 Å². The monoisotopic (exact) mass is 307 g/mol. The van der Waals surface area contributed by atoms with E-state index in [1.54, 1.807) is 11.3 Å². The van der Waals surface area contributed by atoms with E-state index in [1.807, 2.05) is 21.7 Å². The highest BCUT2D eigenvalue weighted by molar-refractivity contribution is 7.14. The van der Waals surface area contributed by atoms with E-state index in [9.17, 15) is 4.79 Å². The highest BCUT2D eigenvalue weighted by Gasteiger charge is 2.28. The molecular weight excluding hydrogens is 290 g/mol. The first-order valence-corrected chi connectivity index (χ1v) is 8.52. The van der Waals surface area contributed by atoms with Gasteiger partial charge in [-0.25, -0.2) is 4.98 Å². The van der Waals surface area contributed by atoms with Gasteiger partial charge in [0.25, 0.3) is 5.91 Å². The Kier molecular flexibility index (Phi) is 3.87. The Morgan fingerprint density at radius 1 is 1.50 bits per heavy atom. The van der Waals surface area contributed by atoms with Crippen molar-refractivity contribution in [1.29, 1.82) is 0 Å². The second-order valence-electron chi connectivity index (χ2n) is 5.18. The Labute approximate surface area is 126 Å². The number of carbonyl (C=O) groups is 1. The number of likely N-dealkylation sites (tertiary alicyclic amines) is 1. The lowest BCUT2D eigenvalue weighted by atomic mass is 9.99. The van der Waals surface area contributed by atoms with Gasteiger partial charge in [-0.05, 0) is 31.2 Å². The Balaban J connectivity index is 1.78. The summed E-state index contributed by atoms with van der Waals surface area (Å²) in [5.74, 6) is 0.0297. The molecule has 2 aromatic rings. The number of aromatic nitrogens is 1. The number of hydrogen-bond donors (Lipinski definition) is 1. The van der Waals surface area contributed by atoms with Crippen LogP contribution in [0.5, 0.6) is 0 Å². The summed E-state index contributed by atoms with van der Waals surface area (Å²) >= 11 is 3.16. The third-order valence-electron chi connectivity index (χ3n) is 3.67. The molecule has 3 heterocycles. The average molecular weight is 307 g/mol. The number of nitrogens with zero attached hydrogens (tertiary/aromatic N) is 2. The predicted molar refractivity (Wildman–Crippen MR) is 83.1 cm³/mol. The molecule has 1 saturated heterocycles. The van der Waals surface area contributed by atoms with Crippen molar-refractivity contribution in [2.75, 3.05) is 6.54 Å². The fourth-order valence-electron chi connectivity index (χ4n) is 2.55. The average Bonchev–Trinajstić information content (AvgIpc) is 3.09. The molecule has 2 atom stereocenters. The van der Waals surface area contributed by atoms with Crippen LogP contribution >= 0.6 is 22.7 Å². The second-order valence-corrected chi connectivity index (χ2v) is 6.82. The highest BCUT2D eigenvalue weighted by Crippen LogP contribution is 2.27. The van der Waals surface area contributed by atoms with E-state index in [0.717, 1.165) is 30.0 Å². The van der Waals surface area contributed by atoms with Crippen molar-refractivity contribution in [3.63, 3.8) is 0 Å². The van der Waals surface area contributed by atoms with Crippen LogP contribution in [-0.2, 0) is 0 Å². The third kappa shape index (κ3) is 2.63. The molecule has 0 aromatic carbocycles. The van der Waals surface area contributed by atoms with Crippen LogP contribution in [0, 0.1) is 0 Å². The quantitative estimate of drug-likeness (QED) is 0.928. The number of thiophene rings is 1. The van der Waals surface area contributed by atoms with E-state index in [-0.39, 0.29) is 18.0 Å². The summed E-state index contributed by atoms with van der Waals surface area (Å²) in [6.45, 7) is 2.79. The van der Waals surface area contributed by atoms with Crippen molar-refractivity contribution in [3.05, 3.63) is 27.9 Å². The lowest BCUT2D eigenvalue weighted by molar-refractivity contribution is 0.0614. The number of piperidine rings is 1. The molecule has 1 aliphatic rings. The summed E-state index contributed by atoms with van der Waals surface area (Å²) in [7, 11) is 0. The molecule has 0 aliphatic carbocycles.